The fourth-order valence-electron chi connectivity index (χ4n) is 0.743. The van der Waals surface area contributed by atoms with Gasteiger partial charge in [0.05, 0.1) is 26.2 Å². The molecule has 0 saturated carbocycles. The fourth-order valence-corrected chi connectivity index (χ4v) is 1.64. The van der Waals surface area contributed by atoms with Gasteiger partial charge in [-0.25, -0.2) is 0 Å². The molecule has 0 aromatic heterocycles. The Morgan fingerprint density at radius 1 is 1.20 bits per heavy atom. The van der Waals surface area contributed by atoms with Gasteiger partial charge in [-0.15, -0.1) is 0 Å². The summed E-state index contributed by atoms with van der Waals surface area (Å²) in [5, 5.41) is 16.7. The van der Waals surface area contributed by atoms with E-state index >= 15 is 0 Å². The Morgan fingerprint density at radius 2 is 1.87 bits per heavy atom. The minimum Gasteiger partial charge on any atom is -0.463 e. The predicted molar refractivity (Wildman–Crippen MR) is 53.0 cm³/mol. The second kappa shape index (κ2) is 9.98. The highest BCUT2D eigenvalue weighted by Gasteiger charge is 2.17. The summed E-state index contributed by atoms with van der Waals surface area (Å²) in [5.41, 5.74) is 0. The van der Waals surface area contributed by atoms with E-state index in [1.165, 1.54) is 0 Å². The van der Waals surface area contributed by atoms with Crippen LogP contribution in [0.1, 0.15) is 6.42 Å². The summed E-state index contributed by atoms with van der Waals surface area (Å²) in [7, 11) is -1.59. The van der Waals surface area contributed by atoms with Crippen molar-refractivity contribution in [1.29, 1.82) is 0 Å². The molecule has 0 spiro atoms. The zero-order valence-corrected chi connectivity index (χ0v) is 9.32. The van der Waals surface area contributed by atoms with Crippen LogP contribution in [0.2, 0.25) is 0 Å². The van der Waals surface area contributed by atoms with E-state index < -0.39 is 13.8 Å². The molecule has 6 nitrogen and oxygen atoms in total. The van der Waals surface area contributed by atoms with Gasteiger partial charge < -0.3 is 19.7 Å². The van der Waals surface area contributed by atoms with E-state index in [1.54, 1.807) is 0 Å². The third kappa shape index (κ3) is 9.75. The van der Waals surface area contributed by atoms with Crippen molar-refractivity contribution in [3.8, 4) is 0 Å². The predicted octanol–water partition coefficient (Wildman–Crippen LogP) is -0.294. The first-order valence-electron chi connectivity index (χ1n) is 4.58. The van der Waals surface area contributed by atoms with Gasteiger partial charge in [-0.05, 0) is 0 Å². The number of ether oxygens (including phenoxy) is 2. The smallest absolute Gasteiger partial charge is 0.367 e. The highest BCUT2D eigenvalue weighted by Crippen LogP contribution is 2.21. The minimum absolute atomic E-state index is 0.0311. The van der Waals surface area contributed by atoms with Gasteiger partial charge in [0.25, 0.3) is 0 Å². The summed E-state index contributed by atoms with van der Waals surface area (Å²) < 4.78 is 20.6. The standard InChI is InChI=1S/C8H16O6P/c9-2-4-13-7-15(12)6-1-8(11)14-5-3-10/h9-10H,1-7H2/q+1. The highest BCUT2D eigenvalue weighted by atomic mass is 31.1. The van der Waals surface area contributed by atoms with Gasteiger partial charge >= 0.3 is 13.8 Å². The summed E-state index contributed by atoms with van der Waals surface area (Å²) in [4.78, 5) is 10.9. The van der Waals surface area contributed by atoms with Crippen molar-refractivity contribution in [3.05, 3.63) is 0 Å². The van der Waals surface area contributed by atoms with Crippen molar-refractivity contribution in [2.24, 2.45) is 0 Å². The maximum absolute atomic E-state index is 11.2. The molecule has 0 radical (unpaired) electrons. The van der Waals surface area contributed by atoms with Crippen molar-refractivity contribution in [2.75, 3.05) is 38.9 Å². The number of hydrogen-bond acceptors (Lipinski definition) is 6. The second-order valence-corrected chi connectivity index (χ2v) is 4.33. The van der Waals surface area contributed by atoms with Gasteiger partial charge in [-0.3, -0.25) is 4.79 Å². The first-order chi connectivity index (χ1) is 7.20. The Hall–Kier alpha value is -0.550. The van der Waals surface area contributed by atoms with E-state index in [9.17, 15) is 9.36 Å². The highest BCUT2D eigenvalue weighted by molar-refractivity contribution is 7.44. The Bertz CT molecular complexity index is 196. The molecule has 0 fully saturated rings. The van der Waals surface area contributed by atoms with Crippen LogP contribution in [0.15, 0.2) is 0 Å². The summed E-state index contributed by atoms with van der Waals surface area (Å²) in [6.07, 6.45) is 0.298. The van der Waals surface area contributed by atoms with E-state index in [2.05, 4.69) is 4.74 Å². The molecule has 0 amide bonds. The molecule has 0 saturated heterocycles. The zero-order chi connectivity index (χ0) is 11.5. The van der Waals surface area contributed by atoms with Crippen LogP contribution in [0, 0.1) is 0 Å². The summed E-state index contributed by atoms with van der Waals surface area (Å²) in [5.74, 6) is -0.477. The molecule has 0 aromatic carbocycles. The molecule has 1 atom stereocenters. The molecule has 0 aliphatic rings. The quantitative estimate of drug-likeness (QED) is 0.326. The lowest BCUT2D eigenvalue weighted by atomic mass is 10.5. The van der Waals surface area contributed by atoms with Crippen molar-refractivity contribution >= 4 is 13.8 Å². The first kappa shape index (κ1) is 14.5. The Kier molecular flexibility index (Phi) is 9.62. The Labute approximate surface area is 89.0 Å². The molecule has 0 rings (SSSR count). The van der Waals surface area contributed by atoms with Gasteiger partial charge in [0, 0.05) is 0 Å². The molecular weight excluding hydrogens is 223 g/mol. The van der Waals surface area contributed by atoms with Crippen LogP contribution in [0.4, 0.5) is 0 Å². The largest absolute Gasteiger partial charge is 0.463 e. The van der Waals surface area contributed by atoms with Gasteiger partial charge in [-0.1, -0.05) is 4.57 Å². The van der Waals surface area contributed by atoms with Crippen LogP contribution in [0.5, 0.6) is 0 Å². The van der Waals surface area contributed by atoms with Crippen LogP contribution < -0.4 is 0 Å². The Morgan fingerprint density at radius 3 is 2.47 bits per heavy atom. The van der Waals surface area contributed by atoms with Gasteiger partial charge in [0.2, 0.25) is 6.35 Å². The number of carbonyl (C=O) groups is 1. The summed E-state index contributed by atoms with van der Waals surface area (Å²) >= 11 is 0. The van der Waals surface area contributed by atoms with E-state index in [1.807, 2.05) is 0 Å². The average molecular weight is 239 g/mol. The SMILES string of the molecule is O=C(CC[P+](=O)COCCO)OCCO. The molecule has 0 aromatic rings. The molecule has 1 unspecified atom stereocenters. The number of hydrogen-bond donors (Lipinski definition) is 2. The monoisotopic (exact) mass is 239 g/mol. The molecule has 0 aliphatic heterocycles. The van der Waals surface area contributed by atoms with Crippen molar-refractivity contribution in [2.45, 2.75) is 6.42 Å². The van der Waals surface area contributed by atoms with E-state index in [-0.39, 0.29) is 45.4 Å². The molecule has 0 heterocycles. The fraction of sp³-hybridized carbons (Fsp3) is 0.875. The molecular formula is C8H16O6P+. The first-order valence-corrected chi connectivity index (χ1v) is 6.21. The lowest BCUT2D eigenvalue weighted by Gasteiger charge is -1.98. The van der Waals surface area contributed by atoms with Crippen LogP contribution in [0.25, 0.3) is 0 Å². The summed E-state index contributed by atoms with van der Waals surface area (Å²) in [6.45, 7) is -0.203. The maximum atomic E-state index is 11.2. The van der Waals surface area contributed by atoms with Crippen molar-refractivity contribution in [1.82, 2.24) is 0 Å². The molecule has 0 bridgehead atoms. The number of aliphatic hydroxyl groups excluding tert-OH is 2. The van der Waals surface area contributed by atoms with Crippen LogP contribution in [0.3, 0.4) is 0 Å². The molecule has 15 heavy (non-hydrogen) atoms. The lowest BCUT2D eigenvalue weighted by molar-refractivity contribution is -0.144. The van der Waals surface area contributed by atoms with Gasteiger partial charge in [0.1, 0.15) is 6.61 Å². The van der Waals surface area contributed by atoms with Crippen molar-refractivity contribution < 1.29 is 29.0 Å². The van der Waals surface area contributed by atoms with E-state index in [0.29, 0.717) is 0 Å². The third-order valence-electron chi connectivity index (χ3n) is 1.39. The van der Waals surface area contributed by atoms with Crippen LogP contribution >= 0.6 is 7.80 Å². The van der Waals surface area contributed by atoms with E-state index in [4.69, 9.17) is 14.9 Å². The molecule has 88 valence electrons. The third-order valence-corrected chi connectivity index (χ3v) is 2.58. The van der Waals surface area contributed by atoms with Gasteiger partial charge in [-0.2, -0.15) is 0 Å². The maximum Gasteiger partial charge on any atom is 0.367 e. The number of esters is 1. The zero-order valence-electron chi connectivity index (χ0n) is 8.42. The molecule has 7 heteroatoms. The number of carbonyl (C=O) groups excluding carboxylic acids is 1. The number of rotatable bonds is 9. The molecule has 2 N–H and O–H groups in total. The van der Waals surface area contributed by atoms with E-state index in [0.717, 1.165) is 0 Å². The van der Waals surface area contributed by atoms with Crippen LogP contribution in [-0.4, -0.2) is 55.1 Å². The topological polar surface area (TPSA) is 93.1 Å². The summed E-state index contributed by atoms with van der Waals surface area (Å²) in [6, 6.07) is 0. The number of aliphatic hydroxyl groups is 2. The van der Waals surface area contributed by atoms with Crippen LogP contribution in [-0.2, 0) is 18.8 Å². The molecule has 0 aliphatic carbocycles. The van der Waals surface area contributed by atoms with Gasteiger partial charge in [0.15, 0.2) is 6.16 Å². The Balaban J connectivity index is 3.40. The lowest BCUT2D eigenvalue weighted by Crippen LogP contribution is -2.09. The second-order valence-electron chi connectivity index (χ2n) is 2.66. The average Bonchev–Trinajstić information content (AvgIpc) is 2.24. The minimum atomic E-state index is -1.59. The van der Waals surface area contributed by atoms with Crippen molar-refractivity contribution in [3.63, 3.8) is 0 Å². The normalized spacial score (nSPS) is 11.2.